The van der Waals surface area contributed by atoms with Gasteiger partial charge in [0.2, 0.25) is 17.7 Å². The summed E-state index contributed by atoms with van der Waals surface area (Å²) >= 11 is 0. The number of carbonyl (C=O) groups excluding carboxylic acids is 2. The van der Waals surface area contributed by atoms with E-state index in [0.717, 1.165) is 12.8 Å². The third-order valence-electron chi connectivity index (χ3n) is 3.38. The van der Waals surface area contributed by atoms with Gasteiger partial charge in [-0.25, -0.2) is 0 Å². The molecule has 1 rings (SSSR count). The van der Waals surface area contributed by atoms with Gasteiger partial charge in [-0.3, -0.25) is 9.59 Å². The molecule has 8 nitrogen and oxygen atoms in total. The quantitative estimate of drug-likeness (QED) is 0.517. The number of hydrogen-bond acceptors (Lipinski definition) is 7. The van der Waals surface area contributed by atoms with Crippen LogP contribution >= 0.6 is 0 Å². The predicted molar refractivity (Wildman–Crippen MR) is 83.4 cm³/mol. The summed E-state index contributed by atoms with van der Waals surface area (Å²) in [5.41, 5.74) is 4.45. The highest BCUT2D eigenvalue weighted by atomic mass is 16.5. The van der Waals surface area contributed by atoms with E-state index < -0.39 is 17.4 Å². The van der Waals surface area contributed by atoms with Crippen LogP contribution in [0.2, 0.25) is 0 Å². The highest BCUT2D eigenvalue weighted by Crippen LogP contribution is 2.26. The summed E-state index contributed by atoms with van der Waals surface area (Å²) < 4.78 is 10.7. The lowest BCUT2D eigenvalue weighted by Crippen LogP contribution is -2.31. The van der Waals surface area contributed by atoms with Gasteiger partial charge in [0.25, 0.3) is 0 Å². The number of carbonyl (C=O) groups is 2. The Hall–Kier alpha value is -1.96. The minimum atomic E-state index is -1.04. The van der Waals surface area contributed by atoms with Crippen molar-refractivity contribution in [3.05, 3.63) is 11.8 Å². The summed E-state index contributed by atoms with van der Waals surface area (Å²) in [4.78, 5) is 23.4. The fraction of sp³-hybridized carbons (Fsp3) is 0.733. The molecule has 3 N–H and O–H groups in total. The average molecular weight is 326 g/mol. The van der Waals surface area contributed by atoms with E-state index in [9.17, 15) is 9.59 Å². The van der Waals surface area contributed by atoms with Gasteiger partial charge in [-0.05, 0) is 46.6 Å². The van der Waals surface area contributed by atoms with E-state index in [4.69, 9.17) is 14.9 Å². The Morgan fingerprint density at radius 3 is 2.61 bits per heavy atom. The zero-order valence-electron chi connectivity index (χ0n) is 14.2. The first-order chi connectivity index (χ1) is 10.8. The SMILES string of the molecule is CCOC(=O)C(C)(C)c1nnc([C@H](CCCCN)NC(C)=O)o1. The molecule has 0 unspecified atom stereocenters. The van der Waals surface area contributed by atoms with Crippen molar-refractivity contribution in [3.8, 4) is 0 Å². The van der Waals surface area contributed by atoms with E-state index in [1.807, 2.05) is 0 Å². The van der Waals surface area contributed by atoms with Crippen LogP contribution in [-0.4, -0.2) is 35.2 Å². The van der Waals surface area contributed by atoms with Gasteiger partial charge in [0.05, 0.1) is 6.61 Å². The summed E-state index contributed by atoms with van der Waals surface area (Å²) in [6.45, 7) is 7.33. The number of hydrogen-bond donors (Lipinski definition) is 2. The molecule has 0 aromatic carbocycles. The van der Waals surface area contributed by atoms with Gasteiger partial charge in [-0.15, -0.1) is 10.2 Å². The molecule has 1 heterocycles. The number of esters is 1. The maximum atomic E-state index is 12.0. The molecule has 0 fully saturated rings. The van der Waals surface area contributed by atoms with Crippen LogP contribution in [0.1, 0.15) is 64.8 Å². The molecule has 0 bridgehead atoms. The van der Waals surface area contributed by atoms with E-state index >= 15 is 0 Å². The van der Waals surface area contributed by atoms with Crippen LogP contribution in [0.3, 0.4) is 0 Å². The molecular weight excluding hydrogens is 300 g/mol. The number of ether oxygens (including phenoxy) is 1. The van der Waals surface area contributed by atoms with E-state index in [-0.39, 0.29) is 24.3 Å². The fourth-order valence-corrected chi connectivity index (χ4v) is 2.02. The standard InChI is InChI=1S/C15H26N4O4/c1-5-22-14(21)15(3,4)13-19-18-12(23-13)11(17-10(2)20)8-6-7-9-16/h11H,5-9,16H2,1-4H3,(H,17,20)/t11-/m0/s1. The fourth-order valence-electron chi connectivity index (χ4n) is 2.02. The maximum absolute atomic E-state index is 12.0. The Balaban J connectivity index is 2.92. The van der Waals surface area contributed by atoms with Gasteiger partial charge in [-0.2, -0.15) is 0 Å². The minimum absolute atomic E-state index is 0.167. The second kappa shape index (κ2) is 8.61. The van der Waals surface area contributed by atoms with Gasteiger partial charge in [0.1, 0.15) is 11.5 Å². The molecule has 0 aliphatic carbocycles. The molecule has 0 saturated carbocycles. The highest BCUT2D eigenvalue weighted by Gasteiger charge is 2.38. The van der Waals surface area contributed by atoms with Crippen LogP contribution in [0.5, 0.6) is 0 Å². The first-order valence-corrected chi connectivity index (χ1v) is 7.81. The first kappa shape index (κ1) is 19.1. The molecular formula is C15H26N4O4. The van der Waals surface area contributed by atoms with Gasteiger partial charge in [0, 0.05) is 6.92 Å². The summed E-state index contributed by atoms with van der Waals surface area (Å²) in [6.07, 6.45) is 2.30. The van der Waals surface area contributed by atoms with E-state index in [0.29, 0.717) is 13.0 Å². The second-order valence-electron chi connectivity index (χ2n) is 5.83. The molecule has 8 heteroatoms. The van der Waals surface area contributed by atoms with Crippen LogP contribution in [0.4, 0.5) is 0 Å². The summed E-state index contributed by atoms with van der Waals surface area (Å²) in [5.74, 6) is -0.175. The van der Waals surface area contributed by atoms with Crippen molar-refractivity contribution in [2.24, 2.45) is 5.73 Å². The summed E-state index contributed by atoms with van der Waals surface area (Å²) in [5, 5.41) is 10.7. The number of amides is 1. The van der Waals surface area contributed by atoms with Crippen LogP contribution in [0.25, 0.3) is 0 Å². The minimum Gasteiger partial charge on any atom is -0.465 e. The topological polar surface area (TPSA) is 120 Å². The van der Waals surface area contributed by atoms with Crippen molar-refractivity contribution < 1.29 is 18.7 Å². The highest BCUT2D eigenvalue weighted by molar-refractivity contribution is 5.80. The predicted octanol–water partition coefficient (Wildman–Crippen LogP) is 1.22. The van der Waals surface area contributed by atoms with Crippen molar-refractivity contribution in [1.82, 2.24) is 15.5 Å². The van der Waals surface area contributed by atoms with Gasteiger partial charge in [0.15, 0.2) is 0 Å². The second-order valence-corrected chi connectivity index (χ2v) is 5.83. The zero-order valence-corrected chi connectivity index (χ0v) is 14.2. The average Bonchev–Trinajstić information content (AvgIpc) is 2.96. The Bertz CT molecular complexity index is 527. The Kier molecular flexibility index (Phi) is 7.15. The molecule has 1 atom stereocenters. The Labute approximate surface area is 136 Å². The van der Waals surface area contributed by atoms with Crippen molar-refractivity contribution in [3.63, 3.8) is 0 Å². The molecule has 23 heavy (non-hydrogen) atoms. The van der Waals surface area contributed by atoms with E-state index in [2.05, 4.69) is 15.5 Å². The molecule has 0 aliphatic heterocycles. The lowest BCUT2D eigenvalue weighted by Gasteiger charge is -2.18. The molecule has 0 aliphatic rings. The maximum Gasteiger partial charge on any atom is 0.321 e. The monoisotopic (exact) mass is 326 g/mol. The number of aromatic nitrogens is 2. The Morgan fingerprint density at radius 2 is 2.04 bits per heavy atom. The Morgan fingerprint density at radius 1 is 1.35 bits per heavy atom. The smallest absolute Gasteiger partial charge is 0.321 e. The number of nitrogens with zero attached hydrogens (tertiary/aromatic N) is 2. The molecule has 0 spiro atoms. The molecule has 1 aromatic rings. The molecule has 1 amide bonds. The lowest BCUT2D eigenvalue weighted by atomic mass is 9.94. The van der Waals surface area contributed by atoms with Gasteiger partial charge in [-0.1, -0.05) is 0 Å². The van der Waals surface area contributed by atoms with Crippen molar-refractivity contribution in [2.75, 3.05) is 13.2 Å². The molecule has 0 saturated heterocycles. The zero-order chi connectivity index (χ0) is 17.5. The summed E-state index contributed by atoms with van der Waals surface area (Å²) in [6, 6.07) is -0.390. The number of unbranched alkanes of at least 4 members (excludes halogenated alkanes) is 1. The van der Waals surface area contributed by atoms with Crippen molar-refractivity contribution in [1.29, 1.82) is 0 Å². The van der Waals surface area contributed by atoms with Crippen LogP contribution in [-0.2, 0) is 19.7 Å². The number of nitrogens with two attached hydrogens (primary N) is 1. The van der Waals surface area contributed by atoms with Crippen LogP contribution in [0, 0.1) is 0 Å². The van der Waals surface area contributed by atoms with Crippen molar-refractivity contribution >= 4 is 11.9 Å². The third kappa shape index (κ3) is 5.31. The van der Waals surface area contributed by atoms with Crippen LogP contribution < -0.4 is 11.1 Å². The molecule has 0 radical (unpaired) electrons. The van der Waals surface area contributed by atoms with Crippen molar-refractivity contribution in [2.45, 2.75) is 58.4 Å². The molecule has 1 aromatic heterocycles. The molecule has 130 valence electrons. The van der Waals surface area contributed by atoms with Gasteiger partial charge < -0.3 is 20.2 Å². The summed E-state index contributed by atoms with van der Waals surface area (Å²) in [7, 11) is 0. The van der Waals surface area contributed by atoms with E-state index in [1.54, 1.807) is 20.8 Å². The van der Waals surface area contributed by atoms with E-state index in [1.165, 1.54) is 6.92 Å². The largest absolute Gasteiger partial charge is 0.465 e. The number of nitrogens with one attached hydrogen (secondary N) is 1. The first-order valence-electron chi connectivity index (χ1n) is 7.81. The lowest BCUT2D eigenvalue weighted by molar-refractivity contribution is -0.149. The third-order valence-corrected chi connectivity index (χ3v) is 3.38. The normalized spacial score (nSPS) is 12.7. The van der Waals surface area contributed by atoms with Gasteiger partial charge >= 0.3 is 5.97 Å². The number of rotatable bonds is 9. The van der Waals surface area contributed by atoms with Crippen LogP contribution in [0.15, 0.2) is 4.42 Å².